The third-order valence-corrected chi connectivity index (χ3v) is 7.40. The molecule has 1 aliphatic heterocycles. The smallest absolute Gasteiger partial charge is 0.241 e. The molecule has 0 bridgehead atoms. The summed E-state index contributed by atoms with van der Waals surface area (Å²) < 4.78 is 13.3. The summed E-state index contributed by atoms with van der Waals surface area (Å²) in [5, 5.41) is 4.39. The molecule has 7 heteroatoms. The maximum atomic E-state index is 13.4. The summed E-state index contributed by atoms with van der Waals surface area (Å²) in [6.45, 7) is 2.59. The van der Waals surface area contributed by atoms with Crippen molar-refractivity contribution in [3.63, 3.8) is 0 Å². The van der Waals surface area contributed by atoms with Gasteiger partial charge in [-0.15, -0.1) is 23.1 Å². The molecule has 0 radical (unpaired) electrons. The molecular weight excluding hydrogens is 419 g/mol. The summed E-state index contributed by atoms with van der Waals surface area (Å²) in [4.78, 5) is 29.9. The summed E-state index contributed by atoms with van der Waals surface area (Å²) in [5.41, 5.74) is 1.65. The van der Waals surface area contributed by atoms with E-state index in [2.05, 4.69) is 5.32 Å². The molecule has 1 N–H and O–H groups in total. The number of para-hydroxylation sites is 1. The van der Waals surface area contributed by atoms with E-state index >= 15 is 0 Å². The molecule has 4 rings (SSSR count). The highest BCUT2D eigenvalue weighted by atomic mass is 32.2. The van der Waals surface area contributed by atoms with Gasteiger partial charge in [-0.3, -0.25) is 9.59 Å². The van der Waals surface area contributed by atoms with E-state index in [9.17, 15) is 14.0 Å². The predicted molar refractivity (Wildman–Crippen MR) is 119 cm³/mol. The number of carbonyl (C=O) groups is 2. The number of thioether (sulfide) groups is 1. The molecule has 1 aromatic heterocycles. The second-order valence-corrected chi connectivity index (χ2v) is 9.36. The number of hydrogen-bond donors (Lipinski definition) is 1. The lowest BCUT2D eigenvalue weighted by Gasteiger charge is -2.35. The lowest BCUT2D eigenvalue weighted by Crippen LogP contribution is -2.47. The van der Waals surface area contributed by atoms with E-state index in [4.69, 9.17) is 0 Å². The van der Waals surface area contributed by atoms with Crippen LogP contribution >= 0.6 is 23.1 Å². The fourth-order valence-corrected chi connectivity index (χ4v) is 5.31. The van der Waals surface area contributed by atoms with Crippen LogP contribution < -0.4 is 10.2 Å². The minimum absolute atomic E-state index is 0.109. The first-order valence-electron chi connectivity index (χ1n) is 9.64. The minimum Gasteiger partial charge on any atom is -0.351 e. The van der Waals surface area contributed by atoms with Crippen molar-refractivity contribution in [3.8, 4) is 0 Å². The zero-order valence-electron chi connectivity index (χ0n) is 16.4. The molecule has 0 fully saturated rings. The van der Waals surface area contributed by atoms with Crippen molar-refractivity contribution < 1.29 is 14.0 Å². The molecule has 0 spiro atoms. The molecule has 2 heterocycles. The maximum absolute atomic E-state index is 13.4. The molecule has 0 saturated heterocycles. The highest BCUT2D eigenvalue weighted by Gasteiger charge is 2.39. The zero-order chi connectivity index (χ0) is 21.1. The number of thiophene rings is 1. The van der Waals surface area contributed by atoms with Gasteiger partial charge in [0.15, 0.2) is 0 Å². The summed E-state index contributed by atoms with van der Waals surface area (Å²) in [5.74, 6) is -1.06. The van der Waals surface area contributed by atoms with Crippen LogP contribution in [0.5, 0.6) is 0 Å². The molecule has 0 saturated carbocycles. The lowest BCUT2D eigenvalue weighted by molar-refractivity contribution is -0.128. The molecule has 4 nitrogen and oxygen atoms in total. The number of halogens is 1. The normalized spacial score (nSPS) is 16.8. The van der Waals surface area contributed by atoms with E-state index in [1.54, 1.807) is 35.3 Å². The number of nitrogens with one attached hydrogen (secondary N) is 1. The van der Waals surface area contributed by atoms with E-state index in [-0.39, 0.29) is 17.6 Å². The van der Waals surface area contributed by atoms with Crippen molar-refractivity contribution in [3.05, 3.63) is 82.3 Å². The fraction of sp³-hybridized carbons (Fsp3) is 0.217. The van der Waals surface area contributed by atoms with Gasteiger partial charge in [-0.25, -0.2) is 4.39 Å². The Morgan fingerprint density at radius 1 is 1.13 bits per heavy atom. The average molecular weight is 441 g/mol. The Morgan fingerprint density at radius 3 is 2.63 bits per heavy atom. The van der Waals surface area contributed by atoms with Gasteiger partial charge in [0, 0.05) is 9.77 Å². The van der Waals surface area contributed by atoms with Gasteiger partial charge in [0.1, 0.15) is 11.1 Å². The minimum atomic E-state index is -0.524. The second-order valence-electron chi connectivity index (χ2n) is 7.14. The van der Waals surface area contributed by atoms with Crippen LogP contribution in [0.15, 0.2) is 70.9 Å². The Kier molecular flexibility index (Phi) is 6.20. The van der Waals surface area contributed by atoms with E-state index in [0.29, 0.717) is 13.1 Å². The van der Waals surface area contributed by atoms with Crippen LogP contribution in [0.3, 0.4) is 0 Å². The van der Waals surface area contributed by atoms with Crippen molar-refractivity contribution in [2.24, 2.45) is 5.92 Å². The highest BCUT2D eigenvalue weighted by molar-refractivity contribution is 8.01. The van der Waals surface area contributed by atoms with Gasteiger partial charge in [0.25, 0.3) is 0 Å². The fourth-order valence-electron chi connectivity index (χ4n) is 3.38. The topological polar surface area (TPSA) is 49.4 Å². The number of anilines is 1. The molecule has 2 unspecified atom stereocenters. The summed E-state index contributed by atoms with van der Waals surface area (Å²) in [7, 11) is 0. The Labute approximate surface area is 183 Å². The van der Waals surface area contributed by atoms with Crippen molar-refractivity contribution in [2.75, 3.05) is 4.90 Å². The number of nitrogens with zero attached hydrogens (tertiary/aromatic N) is 1. The number of fused-ring (bicyclic) bond motifs is 1. The lowest BCUT2D eigenvalue weighted by atomic mass is 10.0. The predicted octanol–water partition coefficient (Wildman–Crippen LogP) is 4.85. The first kappa shape index (κ1) is 20.6. The van der Waals surface area contributed by atoms with Crippen LogP contribution in [0.25, 0.3) is 0 Å². The quantitative estimate of drug-likeness (QED) is 0.596. The SMILES string of the molecule is CC(C(=O)NCc1cccs1)C1Sc2ccccc2N(Cc2ccc(F)cc2)C1=O. The van der Waals surface area contributed by atoms with Crippen LogP contribution in [0.4, 0.5) is 10.1 Å². The molecule has 30 heavy (non-hydrogen) atoms. The van der Waals surface area contributed by atoms with Gasteiger partial charge < -0.3 is 10.2 Å². The molecule has 2 amide bonds. The van der Waals surface area contributed by atoms with Gasteiger partial charge in [0.2, 0.25) is 11.8 Å². The summed E-state index contributed by atoms with van der Waals surface area (Å²) in [6.07, 6.45) is 0. The van der Waals surface area contributed by atoms with E-state index in [1.807, 2.05) is 41.8 Å². The van der Waals surface area contributed by atoms with E-state index < -0.39 is 11.2 Å². The summed E-state index contributed by atoms with van der Waals surface area (Å²) >= 11 is 3.02. The molecule has 1 aliphatic rings. The average Bonchev–Trinajstić information content (AvgIpc) is 3.28. The molecule has 154 valence electrons. The van der Waals surface area contributed by atoms with Crippen molar-refractivity contribution >= 4 is 40.6 Å². The van der Waals surface area contributed by atoms with Gasteiger partial charge in [-0.1, -0.05) is 37.3 Å². The number of amides is 2. The first-order valence-corrected chi connectivity index (χ1v) is 11.4. The van der Waals surface area contributed by atoms with E-state index in [1.165, 1.54) is 23.9 Å². The number of rotatable bonds is 6. The summed E-state index contributed by atoms with van der Waals surface area (Å²) in [6, 6.07) is 17.7. The third kappa shape index (κ3) is 4.42. The monoisotopic (exact) mass is 440 g/mol. The van der Waals surface area contributed by atoms with Crippen LogP contribution in [-0.4, -0.2) is 17.1 Å². The van der Waals surface area contributed by atoms with Gasteiger partial charge in [-0.05, 0) is 41.3 Å². The first-order chi connectivity index (χ1) is 14.5. The van der Waals surface area contributed by atoms with Crippen molar-refractivity contribution in [2.45, 2.75) is 30.2 Å². The molecule has 2 atom stereocenters. The van der Waals surface area contributed by atoms with E-state index in [0.717, 1.165) is 21.0 Å². The van der Waals surface area contributed by atoms with Gasteiger partial charge >= 0.3 is 0 Å². The number of hydrogen-bond acceptors (Lipinski definition) is 4. The molecule has 2 aromatic carbocycles. The largest absolute Gasteiger partial charge is 0.351 e. The highest BCUT2D eigenvalue weighted by Crippen LogP contribution is 2.42. The van der Waals surface area contributed by atoms with Crippen molar-refractivity contribution in [1.29, 1.82) is 0 Å². The molecule has 0 aliphatic carbocycles. The number of carbonyl (C=O) groups excluding carboxylic acids is 2. The molecule has 3 aromatic rings. The maximum Gasteiger partial charge on any atom is 0.241 e. The van der Waals surface area contributed by atoms with Gasteiger partial charge in [0.05, 0.1) is 24.7 Å². The van der Waals surface area contributed by atoms with Crippen LogP contribution in [0, 0.1) is 11.7 Å². The Hall–Kier alpha value is -2.64. The Balaban J connectivity index is 1.54. The zero-order valence-corrected chi connectivity index (χ0v) is 18.0. The number of benzene rings is 2. The van der Waals surface area contributed by atoms with Crippen LogP contribution in [0.2, 0.25) is 0 Å². The standard InChI is InChI=1S/C23H21FN2O2S2/c1-15(22(27)25-13-18-5-4-12-29-18)21-23(28)26(14-16-8-10-17(24)11-9-16)19-6-2-3-7-20(19)30-21/h2-12,15,21H,13-14H2,1H3,(H,25,27). The van der Waals surface area contributed by atoms with Gasteiger partial charge in [-0.2, -0.15) is 0 Å². The second kappa shape index (κ2) is 9.02. The van der Waals surface area contributed by atoms with Crippen LogP contribution in [0.1, 0.15) is 17.4 Å². The van der Waals surface area contributed by atoms with Crippen molar-refractivity contribution in [1.82, 2.24) is 5.32 Å². The Morgan fingerprint density at radius 2 is 1.90 bits per heavy atom. The third-order valence-electron chi connectivity index (χ3n) is 5.06. The van der Waals surface area contributed by atoms with Crippen LogP contribution in [-0.2, 0) is 22.7 Å². The molecular formula is C23H21FN2O2S2. The Bertz CT molecular complexity index is 1040.